The molecule has 284 valence electrons. The normalized spacial score (nSPS) is 11.5. The van der Waals surface area contributed by atoms with E-state index in [1.54, 1.807) is 85.9 Å². The summed E-state index contributed by atoms with van der Waals surface area (Å²) >= 11 is 13.6. The molecule has 5 aromatic rings. The number of nitrogens with one attached hydrogen (secondary N) is 1. The minimum Gasteiger partial charge on any atom is -0.495 e. The predicted octanol–water partition coefficient (Wildman–Crippen LogP) is 7.94. The second kappa shape index (κ2) is 16.3. The largest absolute Gasteiger partial charge is 0.495 e. The summed E-state index contributed by atoms with van der Waals surface area (Å²) in [5.74, 6) is 0.195. The highest BCUT2D eigenvalue weighted by Crippen LogP contribution is 2.46. The first kappa shape index (κ1) is 39.8. The van der Waals surface area contributed by atoms with E-state index in [0.717, 1.165) is 17.2 Å². The van der Waals surface area contributed by atoms with Crippen LogP contribution in [-0.4, -0.2) is 76.7 Å². The summed E-state index contributed by atoms with van der Waals surface area (Å²) in [6, 6.07) is 10.1. The number of carbonyl (C=O) groups excluding carboxylic acids is 2. The van der Waals surface area contributed by atoms with Gasteiger partial charge in [-0.3, -0.25) is 14.3 Å². The summed E-state index contributed by atoms with van der Waals surface area (Å²) in [5.41, 5.74) is 1.71. The van der Waals surface area contributed by atoms with E-state index >= 15 is 0 Å². The van der Waals surface area contributed by atoms with Crippen molar-refractivity contribution in [2.24, 2.45) is 7.05 Å². The van der Waals surface area contributed by atoms with Gasteiger partial charge in [-0.1, -0.05) is 35.8 Å². The maximum Gasteiger partial charge on any atom is 0.420 e. The molecule has 0 atom stereocenters. The van der Waals surface area contributed by atoms with E-state index < -0.39 is 17.6 Å². The Bertz CT molecular complexity index is 2270. The predicted molar refractivity (Wildman–Crippen MR) is 214 cm³/mol. The zero-order valence-electron chi connectivity index (χ0n) is 31.5. The van der Waals surface area contributed by atoms with Gasteiger partial charge < -0.3 is 29.0 Å². The fourth-order valence-electron chi connectivity index (χ4n) is 5.84. The van der Waals surface area contributed by atoms with Crippen molar-refractivity contribution >= 4 is 63.3 Å². The molecule has 0 fully saturated rings. The van der Waals surface area contributed by atoms with Crippen LogP contribution < -0.4 is 25.2 Å². The van der Waals surface area contributed by atoms with Gasteiger partial charge in [-0.2, -0.15) is 5.10 Å². The highest BCUT2D eigenvalue weighted by Gasteiger charge is 2.30. The number of nitrogens with zero attached hydrogens (tertiary/aromatic N) is 6. The van der Waals surface area contributed by atoms with Crippen molar-refractivity contribution in [2.45, 2.75) is 39.3 Å². The molecule has 3 aromatic heterocycles. The number of hydrogen-bond acceptors (Lipinski definition) is 9. The Labute approximate surface area is 323 Å². The fraction of sp³-hybridized carbons (Fsp3) is 0.308. The van der Waals surface area contributed by atoms with Crippen molar-refractivity contribution < 1.29 is 23.8 Å². The Hall–Kier alpha value is -5.37. The number of methoxy groups -OCH3 is 2. The molecule has 1 N–H and O–H groups in total. The van der Waals surface area contributed by atoms with Crippen LogP contribution >= 0.6 is 23.2 Å². The molecular formula is C39H43Cl2N7O6. The van der Waals surface area contributed by atoms with Crippen molar-refractivity contribution in [3.63, 3.8) is 0 Å². The van der Waals surface area contributed by atoms with Crippen molar-refractivity contribution in [2.75, 3.05) is 45.1 Å². The van der Waals surface area contributed by atoms with Gasteiger partial charge in [-0.15, -0.1) is 0 Å². The molecule has 0 bridgehead atoms. The zero-order valence-corrected chi connectivity index (χ0v) is 33.0. The Morgan fingerprint density at radius 1 is 1.00 bits per heavy atom. The van der Waals surface area contributed by atoms with Gasteiger partial charge in [0, 0.05) is 54.6 Å². The summed E-state index contributed by atoms with van der Waals surface area (Å²) in [5, 5.41) is 7.94. The highest BCUT2D eigenvalue weighted by molar-refractivity contribution is 6.41. The van der Waals surface area contributed by atoms with E-state index in [1.807, 2.05) is 25.2 Å². The van der Waals surface area contributed by atoms with Crippen LogP contribution in [0.2, 0.25) is 10.0 Å². The second-order valence-electron chi connectivity index (χ2n) is 13.7. The molecule has 54 heavy (non-hydrogen) atoms. The van der Waals surface area contributed by atoms with Gasteiger partial charge in [0.15, 0.2) is 0 Å². The summed E-state index contributed by atoms with van der Waals surface area (Å²) < 4.78 is 20.1. The van der Waals surface area contributed by atoms with E-state index in [1.165, 1.54) is 19.1 Å². The summed E-state index contributed by atoms with van der Waals surface area (Å²) in [6.07, 6.45) is 6.05. The topological polar surface area (TPSA) is 133 Å². The third-order valence-corrected chi connectivity index (χ3v) is 9.07. The van der Waals surface area contributed by atoms with E-state index in [2.05, 4.69) is 17.0 Å². The van der Waals surface area contributed by atoms with Crippen LogP contribution in [0.5, 0.6) is 11.5 Å². The number of benzene rings is 2. The summed E-state index contributed by atoms with van der Waals surface area (Å²) in [4.78, 5) is 49.5. The highest BCUT2D eigenvalue weighted by atomic mass is 35.5. The summed E-state index contributed by atoms with van der Waals surface area (Å²) in [7, 11) is 8.61. The number of halogens is 2. The molecular weight excluding hydrogens is 733 g/mol. The molecule has 0 aliphatic rings. The number of anilines is 3. The Balaban J connectivity index is 1.78. The molecule has 0 radical (unpaired) electrons. The molecule has 0 spiro atoms. The average Bonchev–Trinajstić information content (AvgIpc) is 3.55. The number of ether oxygens (including phenoxy) is 3. The molecule has 0 saturated carbocycles. The molecule has 0 aliphatic carbocycles. The lowest BCUT2D eigenvalue weighted by molar-refractivity contribution is -0.111. The van der Waals surface area contributed by atoms with Gasteiger partial charge in [0.1, 0.15) is 22.9 Å². The van der Waals surface area contributed by atoms with Crippen molar-refractivity contribution in [3.8, 4) is 33.8 Å². The van der Waals surface area contributed by atoms with E-state index in [9.17, 15) is 14.4 Å². The number of aryl methyl sites for hydroxylation is 2. The zero-order chi connectivity index (χ0) is 39.5. The van der Waals surface area contributed by atoms with Crippen LogP contribution in [0.15, 0.2) is 72.4 Å². The van der Waals surface area contributed by atoms with Gasteiger partial charge in [0.25, 0.3) is 5.56 Å². The van der Waals surface area contributed by atoms with Crippen LogP contribution in [0.1, 0.15) is 27.2 Å². The first-order valence-electron chi connectivity index (χ1n) is 16.9. The molecule has 0 unspecified atom stereocenters. The Morgan fingerprint density at radius 2 is 1.69 bits per heavy atom. The monoisotopic (exact) mass is 775 g/mol. The Kier molecular flexibility index (Phi) is 12.0. The van der Waals surface area contributed by atoms with Crippen LogP contribution in [0.3, 0.4) is 0 Å². The number of carbonyl (C=O) groups is 2. The smallest absolute Gasteiger partial charge is 0.420 e. The number of pyridine rings is 2. The fourth-order valence-corrected chi connectivity index (χ4v) is 6.54. The molecule has 0 saturated heterocycles. The number of fused-ring (bicyclic) bond motifs is 1. The quantitative estimate of drug-likeness (QED) is 0.125. The molecule has 13 nitrogen and oxygen atoms in total. The van der Waals surface area contributed by atoms with Gasteiger partial charge in [0.05, 0.1) is 52.9 Å². The van der Waals surface area contributed by atoms with Crippen molar-refractivity contribution in [3.05, 3.63) is 88.0 Å². The molecule has 5 rings (SSSR count). The lowest BCUT2D eigenvalue weighted by Crippen LogP contribution is -2.35. The minimum atomic E-state index is -0.897. The van der Waals surface area contributed by atoms with Gasteiger partial charge in [-0.25, -0.2) is 14.7 Å². The van der Waals surface area contributed by atoms with Crippen molar-refractivity contribution in [1.82, 2.24) is 24.2 Å². The maximum absolute atomic E-state index is 14.6. The third-order valence-electron chi connectivity index (χ3n) is 8.32. The lowest BCUT2D eigenvalue weighted by Gasteiger charge is -2.28. The number of rotatable bonds is 12. The Morgan fingerprint density at radius 3 is 2.26 bits per heavy atom. The first-order valence-corrected chi connectivity index (χ1v) is 17.7. The van der Waals surface area contributed by atoms with E-state index in [0.29, 0.717) is 30.4 Å². The van der Waals surface area contributed by atoms with Crippen LogP contribution in [0.25, 0.3) is 33.2 Å². The molecule has 2 amide bonds. The number of aromatic nitrogens is 4. The first-order chi connectivity index (χ1) is 25.6. The van der Waals surface area contributed by atoms with Gasteiger partial charge >= 0.3 is 6.09 Å². The molecule has 3 heterocycles. The van der Waals surface area contributed by atoms with Gasteiger partial charge in [0.2, 0.25) is 5.91 Å². The van der Waals surface area contributed by atoms with E-state index in [4.69, 9.17) is 42.4 Å². The number of amides is 2. The number of hydrogen-bond donors (Lipinski definition) is 1. The van der Waals surface area contributed by atoms with Crippen LogP contribution in [0.4, 0.5) is 22.0 Å². The molecule has 15 heteroatoms. The minimum absolute atomic E-state index is 0.132. The lowest BCUT2D eigenvalue weighted by atomic mass is 10.0. The SMILES string of the molecule is C=CC(=O)Nc1cc(-c2cnn(C)c2)ccc1N(C(=O)OC(C)(C)C)c1cc2c(cn1)cc(-c1c(Cl)c(OC)cc(OC)c1Cl)c(=O)n2CCCN(C)C. The van der Waals surface area contributed by atoms with Crippen molar-refractivity contribution in [1.29, 1.82) is 0 Å². The standard InChI is InChI=1S/C39H43Cl2N7O6/c1-10-33(49)44-27-17-23(25-21-43-46(7)22-25)12-13-28(27)48(38(51)54-39(2,3)4)32-18-29-24(20-42-32)16-26(37(50)47(29)15-11-14-45(5)6)34-35(40)30(52-8)19-31(53-9)36(34)41/h10,12-13,16-22H,1,11,14-15H2,2-9H3,(H,44,49). The van der Waals surface area contributed by atoms with E-state index in [-0.39, 0.29) is 55.4 Å². The van der Waals surface area contributed by atoms with Crippen LogP contribution in [-0.2, 0) is 23.1 Å². The average molecular weight is 777 g/mol. The maximum atomic E-state index is 14.6. The molecule has 2 aromatic carbocycles. The van der Waals surface area contributed by atoms with Gasteiger partial charge in [-0.05, 0) is 77.7 Å². The van der Waals surface area contributed by atoms with Crippen LogP contribution in [0, 0.1) is 0 Å². The second-order valence-corrected chi connectivity index (χ2v) is 14.5. The third kappa shape index (κ3) is 8.54. The molecule has 0 aliphatic heterocycles. The summed E-state index contributed by atoms with van der Waals surface area (Å²) in [6.45, 7) is 9.82.